The smallest absolute Gasteiger partial charge is 0.335 e. The Balaban J connectivity index is 3.17. The number of rotatable bonds is 1. The Hall–Kier alpha value is 0.496. The second-order valence-corrected chi connectivity index (χ2v) is 4.02. The summed E-state index contributed by atoms with van der Waals surface area (Å²) in [5, 5.41) is 0.446. The van der Waals surface area contributed by atoms with Crippen molar-refractivity contribution in [3.05, 3.63) is 29.0 Å². The molecule has 0 bridgehead atoms. The molecule has 0 radical (unpaired) electrons. The van der Waals surface area contributed by atoms with E-state index >= 15 is 0 Å². The van der Waals surface area contributed by atoms with Crippen molar-refractivity contribution in [2.45, 2.75) is 0 Å². The third-order valence-electron chi connectivity index (χ3n) is 1.20. The van der Waals surface area contributed by atoms with Gasteiger partial charge in [-0.05, 0) is 12.1 Å². The SMILES string of the molecule is Fc1cccc(Cl)[c]1[Mg][Cl]. The van der Waals surface area contributed by atoms with Crippen LogP contribution in [0.25, 0.3) is 0 Å². The molecule has 10 heavy (non-hydrogen) atoms. The Morgan fingerprint density at radius 2 is 2.10 bits per heavy atom. The van der Waals surface area contributed by atoms with Gasteiger partial charge in [0, 0.05) is 5.02 Å². The van der Waals surface area contributed by atoms with Crippen LogP contribution in [-0.4, -0.2) is 19.3 Å². The number of hydrogen-bond acceptors (Lipinski definition) is 0. The van der Waals surface area contributed by atoms with Crippen LogP contribution in [-0.2, 0) is 0 Å². The fourth-order valence-electron chi connectivity index (χ4n) is 0.660. The lowest BCUT2D eigenvalue weighted by Crippen LogP contribution is -2.14. The van der Waals surface area contributed by atoms with Gasteiger partial charge in [0.25, 0.3) is 0 Å². The first-order valence-corrected chi connectivity index (χ1v) is 5.97. The molecule has 4 heteroatoms. The molecule has 0 spiro atoms. The van der Waals surface area contributed by atoms with Gasteiger partial charge in [-0.3, -0.25) is 0 Å². The first kappa shape index (κ1) is 8.59. The predicted octanol–water partition coefficient (Wildman–Crippen LogP) is 1.96. The van der Waals surface area contributed by atoms with Crippen molar-refractivity contribution in [3.63, 3.8) is 0 Å². The molecule has 0 aliphatic carbocycles. The third kappa shape index (κ3) is 1.75. The van der Waals surface area contributed by atoms with Gasteiger partial charge in [-0.2, -0.15) is 0 Å². The summed E-state index contributed by atoms with van der Waals surface area (Å²) in [4.78, 5) is 0. The van der Waals surface area contributed by atoms with Crippen molar-refractivity contribution in [2.75, 3.05) is 0 Å². The molecule has 0 saturated carbocycles. The van der Waals surface area contributed by atoms with E-state index < -0.39 is 19.3 Å². The largest absolute Gasteiger partial charge is 0.544 e. The van der Waals surface area contributed by atoms with E-state index in [9.17, 15) is 4.39 Å². The van der Waals surface area contributed by atoms with E-state index in [2.05, 4.69) is 0 Å². The van der Waals surface area contributed by atoms with Crippen LogP contribution in [0.4, 0.5) is 4.39 Å². The average molecular weight is 189 g/mol. The molecule has 0 aliphatic rings. The summed E-state index contributed by atoms with van der Waals surface area (Å²) in [6, 6.07) is 4.59. The average Bonchev–Trinajstić information content (AvgIpc) is 1.88. The predicted molar refractivity (Wildman–Crippen MR) is 42.7 cm³/mol. The van der Waals surface area contributed by atoms with E-state index in [1.54, 1.807) is 12.1 Å². The fraction of sp³-hybridized carbons (Fsp3) is 0. The second-order valence-electron chi connectivity index (χ2n) is 1.83. The van der Waals surface area contributed by atoms with Crippen LogP contribution < -0.4 is 3.69 Å². The molecule has 1 rings (SSSR count). The molecule has 1 aromatic rings. The minimum Gasteiger partial charge on any atom is -0.335 e. The maximum absolute atomic E-state index is 12.7. The summed E-state index contributed by atoms with van der Waals surface area (Å²) in [5.74, 6) is -0.283. The summed E-state index contributed by atoms with van der Waals surface area (Å²) >= 11 is 4.64. The topological polar surface area (TPSA) is 0 Å². The number of benzene rings is 1. The molecule has 0 aliphatic heterocycles. The minimum atomic E-state index is -1.00. The van der Waals surface area contributed by atoms with E-state index in [1.165, 1.54) is 6.07 Å². The van der Waals surface area contributed by atoms with Gasteiger partial charge in [0.15, 0.2) is 0 Å². The van der Waals surface area contributed by atoms with Crippen molar-refractivity contribution in [1.29, 1.82) is 0 Å². The van der Waals surface area contributed by atoms with Gasteiger partial charge < -0.3 is 9.07 Å². The van der Waals surface area contributed by atoms with Gasteiger partial charge >= 0.3 is 19.3 Å². The third-order valence-corrected chi connectivity index (χ3v) is 3.56. The summed E-state index contributed by atoms with van der Waals surface area (Å²) in [6.07, 6.45) is 0. The van der Waals surface area contributed by atoms with Crippen molar-refractivity contribution in [1.82, 2.24) is 0 Å². The highest BCUT2D eigenvalue weighted by atomic mass is 35.5. The molecule has 0 N–H and O–H groups in total. The van der Waals surface area contributed by atoms with E-state index in [-0.39, 0.29) is 5.82 Å². The van der Waals surface area contributed by atoms with Crippen molar-refractivity contribution >= 4 is 43.6 Å². The molecule has 0 nitrogen and oxygen atoms in total. The van der Waals surface area contributed by atoms with E-state index in [0.717, 1.165) is 0 Å². The Bertz CT molecular complexity index is 219. The van der Waals surface area contributed by atoms with Crippen LogP contribution in [0.2, 0.25) is 5.02 Å². The standard InChI is InChI=1S/C6H3ClF.ClH.Mg/c7-5-2-1-3-6(8)4-5;;/h1-3H;1H;/q;;+1/p-1. The van der Waals surface area contributed by atoms with E-state index in [0.29, 0.717) is 8.72 Å². The lowest BCUT2D eigenvalue weighted by atomic mass is 10.3. The van der Waals surface area contributed by atoms with Gasteiger partial charge in [-0.25, -0.2) is 4.39 Å². The monoisotopic (exact) mass is 188 g/mol. The van der Waals surface area contributed by atoms with Gasteiger partial charge in [0.1, 0.15) is 5.82 Å². The molecule has 0 aromatic heterocycles. The Morgan fingerprint density at radius 1 is 1.40 bits per heavy atom. The summed E-state index contributed by atoms with van der Waals surface area (Å²) in [7, 11) is 5.55. The van der Waals surface area contributed by atoms with Crippen molar-refractivity contribution in [3.8, 4) is 0 Å². The molecular formula is C6H3Cl2FMg. The molecule has 1 aromatic carbocycles. The molecule has 0 unspecified atom stereocenters. The molecule has 0 heterocycles. The molecule has 0 atom stereocenters. The van der Waals surface area contributed by atoms with Crippen LogP contribution in [0, 0.1) is 5.82 Å². The molecular weight excluding hydrogens is 186 g/mol. The van der Waals surface area contributed by atoms with Gasteiger partial charge in [0.2, 0.25) is 0 Å². The first-order chi connectivity index (χ1) is 4.75. The fourth-order valence-corrected chi connectivity index (χ4v) is 2.53. The van der Waals surface area contributed by atoms with Crippen LogP contribution in [0.1, 0.15) is 0 Å². The van der Waals surface area contributed by atoms with E-state index in [4.69, 9.17) is 20.7 Å². The second kappa shape index (κ2) is 3.76. The van der Waals surface area contributed by atoms with E-state index in [1.807, 2.05) is 0 Å². The Labute approximate surface area is 76.8 Å². The normalized spacial score (nSPS) is 9.10. The molecule has 50 valence electrons. The Kier molecular flexibility index (Phi) is 3.23. The van der Waals surface area contributed by atoms with Crippen molar-refractivity contribution in [2.24, 2.45) is 0 Å². The zero-order chi connectivity index (χ0) is 7.56. The molecule has 0 saturated heterocycles. The highest BCUT2D eigenvalue weighted by Crippen LogP contribution is 2.06. The quantitative estimate of drug-likeness (QED) is 0.592. The molecule has 0 fully saturated rings. The first-order valence-electron chi connectivity index (χ1n) is 2.74. The van der Waals surface area contributed by atoms with Gasteiger partial charge in [0.05, 0.1) is 0 Å². The summed E-state index contributed by atoms with van der Waals surface area (Å²) in [6.45, 7) is 0. The summed E-state index contributed by atoms with van der Waals surface area (Å²) in [5.41, 5.74) is 0. The lowest BCUT2D eigenvalue weighted by Gasteiger charge is -1.98. The zero-order valence-corrected chi connectivity index (χ0v) is 8.00. The van der Waals surface area contributed by atoms with Crippen LogP contribution in [0.15, 0.2) is 18.2 Å². The number of hydrogen-bond donors (Lipinski definition) is 0. The maximum atomic E-state index is 12.7. The highest BCUT2D eigenvalue weighted by Gasteiger charge is 2.06. The lowest BCUT2D eigenvalue weighted by molar-refractivity contribution is 0.636. The van der Waals surface area contributed by atoms with Gasteiger partial charge in [-0.15, -0.1) is 0 Å². The zero-order valence-electron chi connectivity index (χ0n) is 5.07. The maximum Gasteiger partial charge on any atom is 0.544 e. The summed E-state index contributed by atoms with van der Waals surface area (Å²) < 4.78 is 13.2. The minimum absolute atomic E-state index is 0.283. The molecule has 0 amide bonds. The Morgan fingerprint density at radius 3 is 2.50 bits per heavy atom. The van der Waals surface area contributed by atoms with Crippen molar-refractivity contribution < 1.29 is 4.39 Å². The number of halogens is 3. The van der Waals surface area contributed by atoms with Crippen LogP contribution in [0.3, 0.4) is 0 Å². The van der Waals surface area contributed by atoms with Gasteiger partial charge in [-0.1, -0.05) is 21.4 Å². The van der Waals surface area contributed by atoms with Crippen LogP contribution >= 0.6 is 20.7 Å². The highest BCUT2D eigenvalue weighted by molar-refractivity contribution is 7.02. The van der Waals surface area contributed by atoms with Crippen LogP contribution in [0.5, 0.6) is 0 Å².